The van der Waals surface area contributed by atoms with Crippen molar-refractivity contribution in [3.63, 3.8) is 0 Å². The molecule has 0 spiro atoms. The summed E-state index contributed by atoms with van der Waals surface area (Å²) in [6.45, 7) is 4.15. The van der Waals surface area contributed by atoms with Crippen molar-refractivity contribution < 1.29 is 13.2 Å². The van der Waals surface area contributed by atoms with Crippen LogP contribution in [0.15, 0.2) is 0 Å². The van der Waals surface area contributed by atoms with Crippen molar-refractivity contribution in [3.05, 3.63) is 0 Å². The van der Waals surface area contributed by atoms with Gasteiger partial charge in [0.15, 0.2) is 0 Å². The Hall–Kier alpha value is -0.170. The minimum atomic E-state index is -3.20. The number of rotatable bonds is 3. The van der Waals surface area contributed by atoms with Crippen molar-refractivity contribution in [1.82, 2.24) is 4.31 Å². The van der Waals surface area contributed by atoms with Crippen LogP contribution in [0.4, 0.5) is 0 Å². The van der Waals surface area contributed by atoms with Gasteiger partial charge in [-0.15, -0.1) is 0 Å². The molecular weight excluding hydrogens is 240 g/mol. The van der Waals surface area contributed by atoms with E-state index in [-0.39, 0.29) is 11.3 Å². The van der Waals surface area contributed by atoms with E-state index in [0.717, 1.165) is 19.3 Å². The molecule has 3 unspecified atom stereocenters. The van der Waals surface area contributed by atoms with Gasteiger partial charge in [-0.1, -0.05) is 0 Å². The van der Waals surface area contributed by atoms with Crippen LogP contribution < -0.4 is 5.73 Å². The van der Waals surface area contributed by atoms with Crippen molar-refractivity contribution in [2.45, 2.75) is 37.5 Å². The third-order valence-electron chi connectivity index (χ3n) is 3.80. The molecule has 5 nitrogen and oxygen atoms in total. The Balaban J connectivity index is 2.09. The standard InChI is InChI=1S/C11H22N2O3S/c1-9-5-10(6-12)7-13(9)17(14,15)11-3-2-4-16-8-11/h9-11H,2-8,12H2,1H3. The van der Waals surface area contributed by atoms with Crippen LogP contribution in [-0.4, -0.2) is 50.3 Å². The van der Waals surface area contributed by atoms with Crippen LogP contribution in [0.25, 0.3) is 0 Å². The highest BCUT2D eigenvalue weighted by molar-refractivity contribution is 7.89. The third kappa shape index (κ3) is 2.65. The molecule has 2 rings (SSSR count). The van der Waals surface area contributed by atoms with Gasteiger partial charge in [-0.05, 0) is 38.6 Å². The lowest BCUT2D eigenvalue weighted by molar-refractivity contribution is 0.0973. The second kappa shape index (κ2) is 5.22. The van der Waals surface area contributed by atoms with E-state index in [0.29, 0.717) is 32.2 Å². The molecule has 0 aromatic rings. The summed E-state index contributed by atoms with van der Waals surface area (Å²) in [5, 5.41) is -0.352. The van der Waals surface area contributed by atoms with Gasteiger partial charge < -0.3 is 10.5 Å². The molecule has 0 radical (unpaired) electrons. The van der Waals surface area contributed by atoms with Gasteiger partial charge in [-0.3, -0.25) is 0 Å². The highest BCUT2D eigenvalue weighted by atomic mass is 32.2. The van der Waals surface area contributed by atoms with Crippen LogP contribution in [-0.2, 0) is 14.8 Å². The summed E-state index contributed by atoms with van der Waals surface area (Å²) in [6.07, 6.45) is 2.44. The van der Waals surface area contributed by atoms with Gasteiger partial charge in [0.05, 0.1) is 11.9 Å². The minimum absolute atomic E-state index is 0.0791. The molecule has 0 bridgehead atoms. The molecular formula is C11H22N2O3S. The first kappa shape index (κ1) is 13.3. The summed E-state index contributed by atoms with van der Waals surface area (Å²) in [4.78, 5) is 0. The molecule has 0 aliphatic carbocycles. The molecule has 0 aromatic heterocycles. The Bertz CT molecular complexity index is 352. The molecule has 17 heavy (non-hydrogen) atoms. The first-order valence-electron chi connectivity index (χ1n) is 6.34. The molecule has 0 amide bonds. The Kier molecular flexibility index (Phi) is 4.07. The maximum atomic E-state index is 12.5. The van der Waals surface area contributed by atoms with Gasteiger partial charge in [-0.25, -0.2) is 8.42 Å². The molecule has 3 atom stereocenters. The summed E-state index contributed by atoms with van der Waals surface area (Å²) in [5.41, 5.74) is 5.63. The summed E-state index contributed by atoms with van der Waals surface area (Å²) in [6, 6.07) is 0.0791. The van der Waals surface area contributed by atoms with Gasteiger partial charge in [0.1, 0.15) is 0 Å². The number of hydrogen-bond acceptors (Lipinski definition) is 4. The zero-order valence-electron chi connectivity index (χ0n) is 10.3. The lowest BCUT2D eigenvalue weighted by atomic mass is 10.1. The maximum Gasteiger partial charge on any atom is 0.219 e. The van der Waals surface area contributed by atoms with Gasteiger partial charge >= 0.3 is 0 Å². The van der Waals surface area contributed by atoms with E-state index in [4.69, 9.17) is 10.5 Å². The summed E-state index contributed by atoms with van der Waals surface area (Å²) in [7, 11) is -3.20. The fraction of sp³-hybridized carbons (Fsp3) is 1.00. The van der Waals surface area contributed by atoms with E-state index in [2.05, 4.69) is 0 Å². The van der Waals surface area contributed by atoms with Crippen LogP contribution in [0.5, 0.6) is 0 Å². The highest BCUT2D eigenvalue weighted by Crippen LogP contribution is 2.29. The average molecular weight is 262 g/mol. The lowest BCUT2D eigenvalue weighted by Gasteiger charge is -2.29. The Morgan fingerprint density at radius 2 is 2.24 bits per heavy atom. The normalized spacial score (nSPS) is 36.2. The molecule has 2 aliphatic heterocycles. The molecule has 2 fully saturated rings. The fourth-order valence-corrected chi connectivity index (χ4v) is 4.89. The van der Waals surface area contributed by atoms with Crippen LogP contribution >= 0.6 is 0 Å². The topological polar surface area (TPSA) is 72.6 Å². The molecule has 2 aliphatic rings. The quantitative estimate of drug-likeness (QED) is 0.786. The molecule has 2 N–H and O–H groups in total. The number of sulfonamides is 1. The molecule has 0 saturated carbocycles. The van der Waals surface area contributed by atoms with E-state index in [1.54, 1.807) is 4.31 Å². The first-order chi connectivity index (χ1) is 8.05. The molecule has 0 aromatic carbocycles. The van der Waals surface area contributed by atoms with Crippen LogP contribution in [0.1, 0.15) is 26.2 Å². The number of nitrogens with zero attached hydrogens (tertiary/aromatic N) is 1. The van der Waals surface area contributed by atoms with E-state index in [9.17, 15) is 8.42 Å². The largest absolute Gasteiger partial charge is 0.380 e. The van der Waals surface area contributed by atoms with Crippen LogP contribution in [0.3, 0.4) is 0 Å². The fourth-order valence-electron chi connectivity index (χ4n) is 2.77. The number of nitrogens with two attached hydrogens (primary N) is 1. The smallest absolute Gasteiger partial charge is 0.219 e. The minimum Gasteiger partial charge on any atom is -0.380 e. The zero-order chi connectivity index (χ0) is 12.5. The Morgan fingerprint density at radius 1 is 1.47 bits per heavy atom. The van der Waals surface area contributed by atoms with E-state index >= 15 is 0 Å². The molecule has 2 saturated heterocycles. The van der Waals surface area contributed by atoms with Crippen molar-refractivity contribution in [1.29, 1.82) is 0 Å². The SMILES string of the molecule is CC1CC(CN)CN1S(=O)(=O)C1CCCOC1. The summed E-state index contributed by atoms with van der Waals surface area (Å²) < 4.78 is 31.9. The van der Waals surface area contributed by atoms with E-state index < -0.39 is 10.0 Å². The lowest BCUT2D eigenvalue weighted by Crippen LogP contribution is -2.44. The number of hydrogen-bond donors (Lipinski definition) is 1. The molecule has 6 heteroatoms. The van der Waals surface area contributed by atoms with Crippen molar-refractivity contribution in [3.8, 4) is 0 Å². The van der Waals surface area contributed by atoms with Gasteiger partial charge in [0.2, 0.25) is 10.0 Å². The van der Waals surface area contributed by atoms with Crippen molar-refractivity contribution in [2.24, 2.45) is 11.7 Å². The molecule has 100 valence electrons. The van der Waals surface area contributed by atoms with Gasteiger partial charge in [-0.2, -0.15) is 4.31 Å². The number of ether oxygens (including phenoxy) is 1. The second-order valence-corrected chi connectivity index (χ2v) is 7.31. The Labute approximate surface area is 103 Å². The predicted molar refractivity (Wildman–Crippen MR) is 66.1 cm³/mol. The molecule has 2 heterocycles. The van der Waals surface area contributed by atoms with Crippen LogP contribution in [0, 0.1) is 5.92 Å². The van der Waals surface area contributed by atoms with Crippen molar-refractivity contribution in [2.75, 3.05) is 26.3 Å². The Morgan fingerprint density at radius 3 is 2.76 bits per heavy atom. The van der Waals surface area contributed by atoms with Gasteiger partial charge in [0.25, 0.3) is 0 Å². The summed E-state index contributed by atoms with van der Waals surface area (Å²) in [5.74, 6) is 0.310. The third-order valence-corrected chi connectivity index (χ3v) is 6.18. The van der Waals surface area contributed by atoms with Crippen molar-refractivity contribution >= 4 is 10.0 Å². The monoisotopic (exact) mass is 262 g/mol. The second-order valence-electron chi connectivity index (χ2n) is 5.14. The van der Waals surface area contributed by atoms with Crippen LogP contribution in [0.2, 0.25) is 0 Å². The van der Waals surface area contributed by atoms with E-state index in [1.165, 1.54) is 0 Å². The first-order valence-corrected chi connectivity index (χ1v) is 7.84. The average Bonchev–Trinajstić information content (AvgIpc) is 2.72. The zero-order valence-corrected chi connectivity index (χ0v) is 11.2. The maximum absolute atomic E-state index is 12.5. The van der Waals surface area contributed by atoms with Gasteiger partial charge in [0, 0.05) is 19.2 Å². The highest BCUT2D eigenvalue weighted by Gasteiger charge is 2.41. The van der Waals surface area contributed by atoms with E-state index in [1.807, 2.05) is 6.92 Å². The summed E-state index contributed by atoms with van der Waals surface area (Å²) >= 11 is 0. The predicted octanol–water partition coefficient (Wildman–Crippen LogP) is 0.164.